The summed E-state index contributed by atoms with van der Waals surface area (Å²) in [5.74, 6) is 0.0295. The number of Topliss-reactive ketones (excluding diaryl/α,β-unsaturated/α-hetero) is 1. The van der Waals surface area contributed by atoms with Crippen LogP contribution in [0.5, 0.6) is 0 Å². The first-order chi connectivity index (χ1) is 6.25. The van der Waals surface area contributed by atoms with E-state index in [1.165, 1.54) is 11.3 Å². The molecule has 0 aliphatic rings. The number of nitrogens with one attached hydrogen (secondary N) is 1. The van der Waals surface area contributed by atoms with Crippen LogP contribution in [-0.4, -0.2) is 18.9 Å². The molecule has 0 aliphatic heterocycles. The Bertz CT molecular complexity index is 308. The molecule has 1 heterocycles. The van der Waals surface area contributed by atoms with Gasteiger partial charge in [0.15, 0.2) is 5.78 Å². The van der Waals surface area contributed by atoms with Gasteiger partial charge in [0.05, 0.1) is 16.4 Å². The molecule has 0 atom stereocenters. The summed E-state index contributed by atoms with van der Waals surface area (Å²) >= 11 is 7.16. The molecule has 70 valence electrons. The second-order valence-electron chi connectivity index (χ2n) is 2.44. The van der Waals surface area contributed by atoms with Crippen LogP contribution in [0.2, 0.25) is 5.02 Å². The molecule has 0 spiro atoms. The van der Waals surface area contributed by atoms with Crippen LogP contribution in [0.4, 0.5) is 0 Å². The van der Waals surface area contributed by atoms with E-state index in [0.29, 0.717) is 23.0 Å². The Labute approximate surface area is 86.2 Å². The van der Waals surface area contributed by atoms with Gasteiger partial charge in [-0.3, -0.25) is 4.79 Å². The molecule has 1 aromatic rings. The van der Waals surface area contributed by atoms with Crippen molar-refractivity contribution in [1.29, 1.82) is 0 Å². The van der Waals surface area contributed by atoms with E-state index in [-0.39, 0.29) is 5.78 Å². The maximum atomic E-state index is 11.4. The number of carbonyl (C=O) groups excluding carboxylic acids is 1. The maximum absolute atomic E-state index is 11.4. The van der Waals surface area contributed by atoms with Gasteiger partial charge in [0.1, 0.15) is 0 Å². The second kappa shape index (κ2) is 5.17. The summed E-state index contributed by atoms with van der Waals surface area (Å²) in [6, 6.07) is 1.73. The Morgan fingerprint density at radius 3 is 3.08 bits per heavy atom. The first-order valence-corrected chi connectivity index (χ1v) is 5.09. The van der Waals surface area contributed by atoms with Gasteiger partial charge in [-0.1, -0.05) is 17.7 Å². The summed E-state index contributed by atoms with van der Waals surface area (Å²) in [5.41, 5.74) is 0. The van der Waals surface area contributed by atoms with Crippen molar-refractivity contribution < 1.29 is 4.79 Å². The predicted molar refractivity (Wildman–Crippen MR) is 56.7 cm³/mol. The van der Waals surface area contributed by atoms with Crippen molar-refractivity contribution in [1.82, 2.24) is 5.32 Å². The van der Waals surface area contributed by atoms with Gasteiger partial charge >= 0.3 is 0 Å². The van der Waals surface area contributed by atoms with E-state index in [9.17, 15) is 4.79 Å². The van der Waals surface area contributed by atoms with Crippen molar-refractivity contribution in [3.05, 3.63) is 34.0 Å². The van der Waals surface area contributed by atoms with Crippen LogP contribution in [0.1, 0.15) is 9.67 Å². The van der Waals surface area contributed by atoms with Crippen LogP contribution in [0.15, 0.2) is 24.1 Å². The molecule has 13 heavy (non-hydrogen) atoms. The molecule has 0 amide bonds. The standard InChI is InChI=1S/C9H10ClNOS/c1-2-4-11-6-8(12)9-7(10)3-5-13-9/h2-3,5,11H,1,4,6H2. The van der Waals surface area contributed by atoms with Gasteiger partial charge in [0, 0.05) is 6.54 Å². The molecule has 0 bridgehead atoms. The van der Waals surface area contributed by atoms with Gasteiger partial charge in [-0.05, 0) is 11.4 Å². The van der Waals surface area contributed by atoms with E-state index in [4.69, 9.17) is 11.6 Å². The van der Waals surface area contributed by atoms with Gasteiger partial charge in [-0.15, -0.1) is 17.9 Å². The van der Waals surface area contributed by atoms with E-state index in [0.717, 1.165) is 0 Å². The lowest BCUT2D eigenvalue weighted by molar-refractivity contribution is 0.0996. The van der Waals surface area contributed by atoms with Crippen LogP contribution < -0.4 is 5.32 Å². The molecule has 4 heteroatoms. The van der Waals surface area contributed by atoms with Crippen molar-refractivity contribution in [2.45, 2.75) is 0 Å². The summed E-state index contributed by atoms with van der Waals surface area (Å²) in [7, 11) is 0. The highest BCUT2D eigenvalue weighted by atomic mass is 35.5. The summed E-state index contributed by atoms with van der Waals surface area (Å²) in [4.78, 5) is 12.1. The normalized spacial score (nSPS) is 9.92. The van der Waals surface area contributed by atoms with Crippen LogP contribution in [-0.2, 0) is 0 Å². The van der Waals surface area contributed by atoms with E-state index in [1.807, 2.05) is 5.38 Å². The molecule has 1 aromatic heterocycles. The number of carbonyl (C=O) groups is 1. The zero-order valence-electron chi connectivity index (χ0n) is 7.05. The third kappa shape index (κ3) is 2.95. The van der Waals surface area contributed by atoms with Crippen molar-refractivity contribution in [3.63, 3.8) is 0 Å². The highest BCUT2D eigenvalue weighted by Gasteiger charge is 2.10. The molecule has 1 rings (SSSR count). The number of ketones is 1. The summed E-state index contributed by atoms with van der Waals surface area (Å²) in [6.45, 7) is 4.49. The van der Waals surface area contributed by atoms with Crippen LogP contribution in [0.3, 0.4) is 0 Å². The first kappa shape index (κ1) is 10.4. The molecule has 0 aromatic carbocycles. The topological polar surface area (TPSA) is 29.1 Å². The van der Waals surface area contributed by atoms with Gasteiger partial charge in [0.2, 0.25) is 0 Å². The molecule has 2 nitrogen and oxygen atoms in total. The van der Waals surface area contributed by atoms with E-state index >= 15 is 0 Å². The monoisotopic (exact) mass is 215 g/mol. The van der Waals surface area contributed by atoms with Crippen LogP contribution >= 0.6 is 22.9 Å². The van der Waals surface area contributed by atoms with E-state index in [2.05, 4.69) is 11.9 Å². The Kier molecular flexibility index (Phi) is 4.15. The molecule has 1 N–H and O–H groups in total. The fourth-order valence-corrected chi connectivity index (χ4v) is 1.96. The number of halogens is 1. The largest absolute Gasteiger partial charge is 0.306 e. The molecule has 0 saturated carbocycles. The number of thiophene rings is 1. The average Bonchev–Trinajstić information content (AvgIpc) is 2.52. The molecular formula is C9H10ClNOS. The van der Waals surface area contributed by atoms with Crippen molar-refractivity contribution in [3.8, 4) is 0 Å². The maximum Gasteiger partial charge on any atom is 0.188 e. The summed E-state index contributed by atoms with van der Waals surface area (Å²) < 4.78 is 0. The third-order valence-electron chi connectivity index (χ3n) is 1.44. The zero-order chi connectivity index (χ0) is 9.68. The van der Waals surface area contributed by atoms with Gasteiger partial charge < -0.3 is 5.32 Å². The predicted octanol–water partition coefficient (Wildman–Crippen LogP) is 2.36. The van der Waals surface area contributed by atoms with Gasteiger partial charge in [-0.2, -0.15) is 0 Å². The molecule has 0 aliphatic carbocycles. The fourth-order valence-electron chi connectivity index (χ4n) is 0.861. The Balaban J connectivity index is 2.49. The smallest absolute Gasteiger partial charge is 0.188 e. The van der Waals surface area contributed by atoms with Gasteiger partial charge in [0.25, 0.3) is 0 Å². The quantitative estimate of drug-likeness (QED) is 0.464. The molecule has 0 fully saturated rings. The Hall–Kier alpha value is -0.640. The van der Waals surface area contributed by atoms with E-state index < -0.39 is 0 Å². The minimum atomic E-state index is 0.0295. The van der Waals surface area contributed by atoms with Crippen molar-refractivity contribution >= 4 is 28.7 Å². The first-order valence-electron chi connectivity index (χ1n) is 3.83. The lowest BCUT2D eigenvalue weighted by Gasteiger charge is -1.98. The summed E-state index contributed by atoms with van der Waals surface area (Å²) in [6.07, 6.45) is 1.71. The third-order valence-corrected chi connectivity index (χ3v) is 2.83. The molecule has 0 saturated heterocycles. The molecular weight excluding hydrogens is 206 g/mol. The molecule has 0 unspecified atom stereocenters. The lowest BCUT2D eigenvalue weighted by atomic mass is 10.3. The SMILES string of the molecule is C=CCNCC(=O)c1sccc1Cl. The lowest BCUT2D eigenvalue weighted by Crippen LogP contribution is -2.22. The van der Waals surface area contributed by atoms with Crippen molar-refractivity contribution in [2.75, 3.05) is 13.1 Å². The number of hydrogen-bond donors (Lipinski definition) is 1. The summed E-state index contributed by atoms with van der Waals surface area (Å²) in [5, 5.41) is 5.28. The number of hydrogen-bond acceptors (Lipinski definition) is 3. The van der Waals surface area contributed by atoms with Gasteiger partial charge in [-0.25, -0.2) is 0 Å². The molecule has 0 radical (unpaired) electrons. The van der Waals surface area contributed by atoms with Crippen LogP contribution in [0, 0.1) is 0 Å². The Morgan fingerprint density at radius 1 is 1.77 bits per heavy atom. The fraction of sp³-hybridized carbons (Fsp3) is 0.222. The number of rotatable bonds is 5. The highest BCUT2D eigenvalue weighted by Crippen LogP contribution is 2.21. The average molecular weight is 216 g/mol. The van der Waals surface area contributed by atoms with Crippen molar-refractivity contribution in [2.24, 2.45) is 0 Å². The second-order valence-corrected chi connectivity index (χ2v) is 3.76. The highest BCUT2D eigenvalue weighted by molar-refractivity contribution is 7.12. The van der Waals surface area contributed by atoms with E-state index in [1.54, 1.807) is 12.1 Å². The van der Waals surface area contributed by atoms with Crippen LogP contribution in [0.25, 0.3) is 0 Å². The zero-order valence-corrected chi connectivity index (χ0v) is 8.62. The Morgan fingerprint density at radius 2 is 2.54 bits per heavy atom. The minimum absolute atomic E-state index is 0.0295. The minimum Gasteiger partial charge on any atom is -0.306 e.